The first-order chi connectivity index (χ1) is 8.70. The zero-order chi connectivity index (χ0) is 13.0. The zero-order valence-corrected chi connectivity index (χ0v) is 11.4. The molecule has 0 unspecified atom stereocenters. The van der Waals surface area contributed by atoms with Crippen molar-refractivity contribution in [3.05, 3.63) is 36.1 Å². The Morgan fingerprint density at radius 3 is 3.17 bits per heavy atom. The molecule has 2 rings (SSSR count). The fraction of sp³-hybridized carbons (Fsp3) is 0.571. The Balaban J connectivity index is 2.07. The lowest BCUT2D eigenvalue weighted by molar-refractivity contribution is 0.158. The summed E-state index contributed by atoms with van der Waals surface area (Å²) in [5.41, 5.74) is 4.00. The van der Waals surface area contributed by atoms with Gasteiger partial charge in [0.15, 0.2) is 0 Å². The maximum absolute atomic E-state index is 5.10. The Morgan fingerprint density at radius 1 is 1.56 bits per heavy atom. The van der Waals surface area contributed by atoms with Crippen molar-refractivity contribution in [2.45, 2.75) is 19.5 Å². The molecule has 1 aliphatic rings. The molecule has 0 atom stereocenters. The third-order valence-electron chi connectivity index (χ3n) is 3.41. The molecule has 1 aliphatic heterocycles. The fourth-order valence-electron chi connectivity index (χ4n) is 2.34. The van der Waals surface area contributed by atoms with Crippen LogP contribution in [-0.2, 0) is 24.2 Å². The van der Waals surface area contributed by atoms with Crippen molar-refractivity contribution in [3.63, 3.8) is 0 Å². The molecule has 0 aromatic carbocycles. The lowest BCUT2D eigenvalue weighted by Crippen LogP contribution is -2.28. The molecule has 0 radical (unpaired) electrons. The monoisotopic (exact) mass is 248 g/mol. The van der Waals surface area contributed by atoms with E-state index >= 15 is 0 Å². The molecule has 0 spiro atoms. The van der Waals surface area contributed by atoms with Gasteiger partial charge in [-0.2, -0.15) is 0 Å². The van der Waals surface area contributed by atoms with Crippen molar-refractivity contribution in [2.24, 2.45) is 0 Å². The molecular weight excluding hydrogens is 226 g/mol. The van der Waals surface area contributed by atoms with Gasteiger partial charge in [-0.1, -0.05) is 0 Å². The van der Waals surface area contributed by atoms with Crippen molar-refractivity contribution in [2.75, 3.05) is 33.9 Å². The van der Waals surface area contributed by atoms with Gasteiger partial charge in [-0.25, -0.2) is 0 Å². The van der Waals surface area contributed by atoms with Crippen LogP contribution in [0.5, 0.6) is 0 Å². The summed E-state index contributed by atoms with van der Waals surface area (Å²) in [5.74, 6) is 0. The van der Waals surface area contributed by atoms with Gasteiger partial charge in [-0.15, -0.1) is 0 Å². The van der Waals surface area contributed by atoms with Crippen molar-refractivity contribution >= 4 is 0 Å². The van der Waals surface area contributed by atoms with Crippen LogP contribution in [0.2, 0.25) is 0 Å². The van der Waals surface area contributed by atoms with Crippen LogP contribution >= 0.6 is 0 Å². The summed E-state index contributed by atoms with van der Waals surface area (Å²) < 4.78 is 5.10. The Morgan fingerprint density at radius 2 is 2.39 bits per heavy atom. The normalized spacial score (nSPS) is 16.0. The number of aromatic nitrogens is 1. The van der Waals surface area contributed by atoms with Gasteiger partial charge in [0.1, 0.15) is 0 Å². The molecule has 0 bridgehead atoms. The maximum Gasteiger partial charge on any atom is 0.0589 e. The first-order valence-corrected chi connectivity index (χ1v) is 6.39. The van der Waals surface area contributed by atoms with Crippen LogP contribution in [-0.4, -0.2) is 48.6 Å². The number of nitrogens with zero attached hydrogens (tertiary/aromatic N) is 3. The number of methoxy groups -OCH3 is 1. The summed E-state index contributed by atoms with van der Waals surface area (Å²) in [6.45, 7) is 4.55. The standard InChI is InChI=1S/C14H22N3O/c1-16-7-5-13-12(10-16)4-6-15-14(13)11-17(2)8-9-18-3/h4,6H,1,5,7-11H2,2-3H3/q-1. The number of fused-ring (bicyclic) bond motifs is 1. The van der Waals surface area contributed by atoms with E-state index in [1.807, 2.05) is 6.20 Å². The Hall–Kier alpha value is -0.970. The molecule has 0 N–H and O–H groups in total. The van der Waals surface area contributed by atoms with E-state index in [-0.39, 0.29) is 0 Å². The summed E-state index contributed by atoms with van der Waals surface area (Å²) in [6, 6.07) is 2.12. The second-order valence-corrected chi connectivity index (χ2v) is 4.93. The number of hydrogen-bond acceptors (Lipinski definition) is 4. The minimum absolute atomic E-state index is 0.762. The van der Waals surface area contributed by atoms with Gasteiger partial charge in [-0.3, -0.25) is 16.9 Å². The van der Waals surface area contributed by atoms with Gasteiger partial charge in [-0.05, 0) is 43.8 Å². The van der Waals surface area contributed by atoms with E-state index in [0.717, 1.165) is 39.2 Å². The van der Waals surface area contributed by atoms with E-state index in [2.05, 4.69) is 34.9 Å². The topological polar surface area (TPSA) is 28.6 Å². The van der Waals surface area contributed by atoms with Crippen LogP contribution in [0.1, 0.15) is 16.8 Å². The van der Waals surface area contributed by atoms with Gasteiger partial charge >= 0.3 is 0 Å². The van der Waals surface area contributed by atoms with Crippen LogP contribution in [0.4, 0.5) is 0 Å². The molecule has 2 heterocycles. The van der Waals surface area contributed by atoms with E-state index in [1.165, 1.54) is 16.8 Å². The molecule has 4 nitrogen and oxygen atoms in total. The highest BCUT2D eigenvalue weighted by Crippen LogP contribution is 2.21. The van der Waals surface area contributed by atoms with Crippen molar-refractivity contribution in [1.29, 1.82) is 0 Å². The third kappa shape index (κ3) is 3.28. The molecule has 0 saturated carbocycles. The number of pyridine rings is 1. The third-order valence-corrected chi connectivity index (χ3v) is 3.41. The van der Waals surface area contributed by atoms with Crippen LogP contribution in [0.3, 0.4) is 0 Å². The molecular formula is C14H22N3O-. The van der Waals surface area contributed by atoms with E-state index in [1.54, 1.807) is 7.11 Å². The second kappa shape index (κ2) is 6.27. The molecule has 0 amide bonds. The van der Waals surface area contributed by atoms with E-state index < -0.39 is 0 Å². The smallest absolute Gasteiger partial charge is 0.0589 e. The Kier molecular flexibility index (Phi) is 4.69. The summed E-state index contributed by atoms with van der Waals surface area (Å²) in [5, 5.41) is 0. The molecule has 0 saturated heterocycles. The lowest BCUT2D eigenvalue weighted by atomic mass is 9.99. The average Bonchev–Trinajstić information content (AvgIpc) is 2.36. The van der Waals surface area contributed by atoms with E-state index in [4.69, 9.17) is 4.74 Å². The quantitative estimate of drug-likeness (QED) is 0.735. The molecule has 18 heavy (non-hydrogen) atoms. The van der Waals surface area contributed by atoms with Gasteiger partial charge in [0.25, 0.3) is 0 Å². The number of likely N-dealkylation sites (N-methyl/N-ethyl adjacent to an activating group) is 1. The second-order valence-electron chi connectivity index (χ2n) is 4.93. The van der Waals surface area contributed by atoms with Crippen molar-refractivity contribution in [1.82, 2.24) is 14.8 Å². The summed E-state index contributed by atoms with van der Waals surface area (Å²) >= 11 is 0. The highest BCUT2D eigenvalue weighted by atomic mass is 16.5. The van der Waals surface area contributed by atoms with Crippen molar-refractivity contribution in [3.8, 4) is 0 Å². The van der Waals surface area contributed by atoms with Gasteiger partial charge in [0.2, 0.25) is 0 Å². The van der Waals surface area contributed by atoms with Gasteiger partial charge < -0.3 is 9.64 Å². The maximum atomic E-state index is 5.10. The van der Waals surface area contributed by atoms with Crippen molar-refractivity contribution < 1.29 is 4.74 Å². The molecule has 100 valence electrons. The van der Waals surface area contributed by atoms with Crippen LogP contribution < -0.4 is 0 Å². The molecule has 0 fully saturated rings. The minimum Gasteiger partial charge on any atom is -0.455 e. The summed E-state index contributed by atoms with van der Waals surface area (Å²) in [6.07, 6.45) is 2.97. The van der Waals surface area contributed by atoms with Gasteiger partial charge in [0.05, 0.1) is 12.3 Å². The largest absolute Gasteiger partial charge is 0.455 e. The first-order valence-electron chi connectivity index (χ1n) is 6.39. The van der Waals surface area contributed by atoms with Crippen LogP contribution in [0.25, 0.3) is 0 Å². The number of ether oxygens (including phenoxy) is 1. The molecule has 0 aliphatic carbocycles. The highest BCUT2D eigenvalue weighted by molar-refractivity contribution is 5.32. The summed E-state index contributed by atoms with van der Waals surface area (Å²) in [4.78, 5) is 8.91. The molecule has 4 heteroatoms. The van der Waals surface area contributed by atoms with E-state index in [9.17, 15) is 0 Å². The zero-order valence-electron chi connectivity index (χ0n) is 11.4. The molecule has 1 aromatic heterocycles. The molecule has 1 aromatic rings. The number of rotatable bonds is 5. The highest BCUT2D eigenvalue weighted by Gasteiger charge is 2.15. The minimum atomic E-state index is 0.762. The van der Waals surface area contributed by atoms with Crippen LogP contribution in [0, 0.1) is 7.05 Å². The Bertz CT molecular complexity index is 395. The number of hydrogen-bond donors (Lipinski definition) is 0. The predicted octanol–water partition coefficient (Wildman–Crippen LogP) is 1.31. The average molecular weight is 248 g/mol. The lowest BCUT2D eigenvalue weighted by Gasteiger charge is -2.32. The first kappa shape index (κ1) is 13.5. The van der Waals surface area contributed by atoms with E-state index in [0.29, 0.717) is 0 Å². The van der Waals surface area contributed by atoms with Gasteiger partial charge in [0, 0.05) is 26.4 Å². The SMILES string of the molecule is [CH2-]N1CCc2c(ccnc2CN(C)CCOC)C1. The fourth-order valence-corrected chi connectivity index (χ4v) is 2.34. The Labute approximate surface area is 110 Å². The predicted molar refractivity (Wildman–Crippen MR) is 71.9 cm³/mol. The van der Waals surface area contributed by atoms with Crippen LogP contribution in [0.15, 0.2) is 12.3 Å². The summed E-state index contributed by atoms with van der Waals surface area (Å²) in [7, 11) is 7.86.